The van der Waals surface area contributed by atoms with E-state index in [-0.39, 0.29) is 0 Å². The molecule has 4 aromatic carbocycles. The van der Waals surface area contributed by atoms with Gasteiger partial charge in [0.15, 0.2) is 0 Å². The molecule has 0 spiro atoms. The molecular weight excluding hydrogens is 424 g/mol. The molecule has 4 rings (SSSR count). The molecule has 0 radical (unpaired) electrons. The van der Waals surface area contributed by atoms with Gasteiger partial charge in [0.2, 0.25) is 0 Å². The van der Waals surface area contributed by atoms with Crippen molar-refractivity contribution in [2.24, 2.45) is 0 Å². The van der Waals surface area contributed by atoms with Crippen molar-refractivity contribution in [1.29, 1.82) is 0 Å². The van der Waals surface area contributed by atoms with E-state index in [4.69, 9.17) is 0 Å². The Labute approximate surface area is 200 Å². The van der Waals surface area contributed by atoms with Crippen molar-refractivity contribution in [3.63, 3.8) is 0 Å². The van der Waals surface area contributed by atoms with E-state index in [9.17, 15) is 0 Å². The first-order valence-corrected chi connectivity index (χ1v) is 12.7. The van der Waals surface area contributed by atoms with E-state index in [2.05, 4.69) is 121 Å². The van der Waals surface area contributed by atoms with Crippen molar-refractivity contribution in [1.82, 2.24) is 0 Å². The van der Waals surface area contributed by atoms with Gasteiger partial charge in [-0.2, -0.15) is 0 Å². The summed E-state index contributed by atoms with van der Waals surface area (Å²) in [7, 11) is 0. The van der Waals surface area contributed by atoms with Gasteiger partial charge >= 0.3 is 0 Å². The van der Waals surface area contributed by atoms with Crippen LogP contribution in [0.15, 0.2) is 119 Å². The Morgan fingerprint density at radius 1 is 0.375 bits per heavy atom. The molecule has 32 heavy (non-hydrogen) atoms. The lowest BCUT2D eigenvalue weighted by Crippen LogP contribution is -1.85. The Hall–Kier alpha value is -2.94. The SMILES string of the molecule is C(=C\c1ccc(SCCSc2ccc(/C=C/c3ccccc3)cc2)cc1)/c1ccccc1. The number of hydrogen-bond donors (Lipinski definition) is 0. The fourth-order valence-electron chi connectivity index (χ4n) is 3.18. The minimum atomic E-state index is 1.10. The highest BCUT2D eigenvalue weighted by Crippen LogP contribution is 2.24. The first kappa shape index (κ1) is 22.3. The van der Waals surface area contributed by atoms with Gasteiger partial charge in [-0.25, -0.2) is 0 Å². The van der Waals surface area contributed by atoms with Gasteiger partial charge in [-0.05, 0) is 46.5 Å². The molecule has 0 atom stereocenters. The van der Waals surface area contributed by atoms with Crippen LogP contribution in [0.2, 0.25) is 0 Å². The van der Waals surface area contributed by atoms with Crippen molar-refractivity contribution in [2.45, 2.75) is 9.79 Å². The van der Waals surface area contributed by atoms with E-state index in [1.54, 1.807) is 0 Å². The normalized spacial score (nSPS) is 11.4. The van der Waals surface area contributed by atoms with E-state index in [0.29, 0.717) is 0 Å². The third kappa shape index (κ3) is 7.33. The Kier molecular flexibility index (Phi) is 8.48. The second kappa shape index (κ2) is 12.2. The average molecular weight is 451 g/mol. The van der Waals surface area contributed by atoms with Crippen LogP contribution < -0.4 is 0 Å². The minimum absolute atomic E-state index is 1.10. The number of rotatable bonds is 9. The fourth-order valence-corrected chi connectivity index (χ4v) is 4.98. The van der Waals surface area contributed by atoms with E-state index < -0.39 is 0 Å². The van der Waals surface area contributed by atoms with Crippen LogP contribution in [0.25, 0.3) is 24.3 Å². The highest BCUT2D eigenvalue weighted by Gasteiger charge is 1.98. The summed E-state index contributed by atoms with van der Waals surface area (Å²) >= 11 is 3.83. The summed E-state index contributed by atoms with van der Waals surface area (Å²) in [5, 5.41) is 0. The molecule has 0 fully saturated rings. The maximum absolute atomic E-state index is 2.22. The number of benzene rings is 4. The van der Waals surface area contributed by atoms with Gasteiger partial charge in [0.1, 0.15) is 0 Å². The fraction of sp³-hybridized carbons (Fsp3) is 0.0667. The van der Waals surface area contributed by atoms with E-state index in [1.165, 1.54) is 32.0 Å². The molecule has 0 aliphatic carbocycles. The van der Waals surface area contributed by atoms with E-state index in [0.717, 1.165) is 11.5 Å². The van der Waals surface area contributed by atoms with Crippen molar-refractivity contribution in [3.8, 4) is 0 Å². The smallest absolute Gasteiger partial charge is 0.00745 e. The predicted octanol–water partition coefficient (Wildman–Crippen LogP) is 8.91. The Balaban J connectivity index is 1.19. The van der Waals surface area contributed by atoms with Crippen molar-refractivity contribution < 1.29 is 0 Å². The van der Waals surface area contributed by atoms with Gasteiger partial charge < -0.3 is 0 Å². The second-order valence-corrected chi connectivity index (χ2v) is 9.66. The van der Waals surface area contributed by atoms with Crippen LogP contribution >= 0.6 is 23.5 Å². The van der Waals surface area contributed by atoms with Crippen molar-refractivity contribution >= 4 is 47.8 Å². The summed E-state index contributed by atoms with van der Waals surface area (Å²) in [6.45, 7) is 0. The van der Waals surface area contributed by atoms with Crippen molar-refractivity contribution in [2.75, 3.05) is 11.5 Å². The molecule has 158 valence electrons. The molecule has 0 saturated carbocycles. The van der Waals surface area contributed by atoms with Crippen LogP contribution in [0.4, 0.5) is 0 Å². The minimum Gasteiger partial charge on any atom is -0.125 e. The van der Waals surface area contributed by atoms with Gasteiger partial charge in [0.05, 0.1) is 0 Å². The topological polar surface area (TPSA) is 0 Å². The quantitative estimate of drug-likeness (QED) is 0.142. The standard InChI is InChI=1S/C30H26S2/c1-3-7-25(8-4-1)11-13-27-15-19-29(20-16-27)31-23-24-32-30-21-17-28(18-22-30)14-12-26-9-5-2-6-10-26/h1-22H,23-24H2/b13-11+,14-12+. The van der Waals surface area contributed by atoms with Crippen molar-refractivity contribution in [3.05, 3.63) is 131 Å². The highest BCUT2D eigenvalue weighted by molar-refractivity contribution is 8.03. The number of thioether (sulfide) groups is 2. The molecule has 0 N–H and O–H groups in total. The number of hydrogen-bond acceptors (Lipinski definition) is 2. The molecule has 2 heteroatoms. The Morgan fingerprint density at radius 2 is 0.688 bits per heavy atom. The van der Waals surface area contributed by atoms with Crippen LogP contribution in [0.3, 0.4) is 0 Å². The molecule has 0 amide bonds. The zero-order valence-electron chi connectivity index (χ0n) is 17.9. The molecule has 0 aliphatic rings. The lowest BCUT2D eigenvalue weighted by Gasteiger charge is -2.04. The first-order valence-electron chi connectivity index (χ1n) is 10.8. The molecule has 0 aliphatic heterocycles. The van der Waals surface area contributed by atoms with Gasteiger partial charge in [0.25, 0.3) is 0 Å². The largest absolute Gasteiger partial charge is 0.125 e. The molecule has 0 bridgehead atoms. The lowest BCUT2D eigenvalue weighted by molar-refractivity contribution is 1.41. The summed E-state index contributed by atoms with van der Waals surface area (Å²) < 4.78 is 0. The third-order valence-corrected chi connectivity index (χ3v) is 7.20. The highest BCUT2D eigenvalue weighted by atomic mass is 32.2. The first-order chi connectivity index (χ1) is 15.8. The van der Waals surface area contributed by atoms with Crippen LogP contribution in [-0.4, -0.2) is 11.5 Å². The molecule has 4 aromatic rings. The summed E-state index contributed by atoms with van der Waals surface area (Å²) in [5.41, 5.74) is 4.91. The zero-order chi connectivity index (χ0) is 21.8. The van der Waals surface area contributed by atoms with Crippen LogP contribution in [0.1, 0.15) is 22.3 Å². The van der Waals surface area contributed by atoms with Gasteiger partial charge in [-0.1, -0.05) is 109 Å². The molecular formula is C30H26S2. The van der Waals surface area contributed by atoms with Crippen LogP contribution in [0, 0.1) is 0 Å². The summed E-state index contributed by atoms with van der Waals surface area (Å²) in [5.74, 6) is 2.19. The Morgan fingerprint density at radius 3 is 1.03 bits per heavy atom. The maximum atomic E-state index is 2.22. The maximum Gasteiger partial charge on any atom is 0.00745 e. The van der Waals surface area contributed by atoms with Gasteiger partial charge in [-0.3, -0.25) is 0 Å². The molecule has 0 unspecified atom stereocenters. The van der Waals surface area contributed by atoms with Crippen LogP contribution in [-0.2, 0) is 0 Å². The molecule has 0 heterocycles. The second-order valence-electron chi connectivity index (χ2n) is 7.32. The molecule has 0 aromatic heterocycles. The Bertz CT molecular complexity index is 1030. The predicted molar refractivity (Wildman–Crippen MR) is 145 cm³/mol. The van der Waals surface area contributed by atoms with Gasteiger partial charge in [0, 0.05) is 21.3 Å². The van der Waals surface area contributed by atoms with Gasteiger partial charge in [-0.15, -0.1) is 23.5 Å². The summed E-state index contributed by atoms with van der Waals surface area (Å²) in [6.07, 6.45) is 8.64. The summed E-state index contributed by atoms with van der Waals surface area (Å²) in [6, 6.07) is 38.4. The third-order valence-electron chi connectivity index (χ3n) is 4.92. The summed E-state index contributed by atoms with van der Waals surface area (Å²) in [4.78, 5) is 2.65. The monoisotopic (exact) mass is 450 g/mol. The molecule has 0 saturated heterocycles. The lowest BCUT2D eigenvalue weighted by atomic mass is 10.1. The van der Waals surface area contributed by atoms with Crippen LogP contribution in [0.5, 0.6) is 0 Å². The van der Waals surface area contributed by atoms with E-state index in [1.807, 2.05) is 35.7 Å². The van der Waals surface area contributed by atoms with E-state index >= 15 is 0 Å². The molecule has 0 nitrogen and oxygen atoms in total. The zero-order valence-corrected chi connectivity index (χ0v) is 19.6. The average Bonchev–Trinajstić information content (AvgIpc) is 2.87.